The van der Waals surface area contributed by atoms with Gasteiger partial charge in [0, 0.05) is 13.1 Å². The van der Waals surface area contributed by atoms with Crippen LogP contribution in [0.1, 0.15) is 22.8 Å². The number of urea groups is 1. The molecule has 0 bridgehead atoms. The number of aryl methyl sites for hydroxylation is 1. The minimum absolute atomic E-state index is 0.0755. The number of aliphatic hydroxyl groups excluding tert-OH is 1. The zero-order valence-corrected chi connectivity index (χ0v) is 16.5. The highest BCUT2D eigenvalue weighted by Gasteiger charge is 2.14. The van der Waals surface area contributed by atoms with E-state index in [2.05, 4.69) is 10.6 Å². The standard InChI is InChI=1S/C21H28N2O5/c1-15-4-7-17(8-5-15)20(28-11-10-24)14-23-21(25)22-13-16-6-9-18(26-2)19(12-16)27-3/h4-9,12,20,24H,10-11,13-14H2,1-3H3,(H2,22,23,25)/t20-/m1/s1. The van der Waals surface area contributed by atoms with Gasteiger partial charge in [-0.3, -0.25) is 0 Å². The molecule has 2 amide bonds. The van der Waals surface area contributed by atoms with Gasteiger partial charge in [0.2, 0.25) is 0 Å². The Morgan fingerprint density at radius 3 is 2.39 bits per heavy atom. The number of ether oxygens (including phenoxy) is 3. The van der Waals surface area contributed by atoms with Crippen LogP contribution in [0.5, 0.6) is 11.5 Å². The van der Waals surface area contributed by atoms with Crippen LogP contribution >= 0.6 is 0 Å². The first-order valence-electron chi connectivity index (χ1n) is 9.09. The number of carbonyl (C=O) groups is 1. The summed E-state index contributed by atoms with van der Waals surface area (Å²) < 4.78 is 16.1. The van der Waals surface area contributed by atoms with E-state index in [1.54, 1.807) is 20.3 Å². The first kappa shape index (κ1) is 21.5. The second kappa shape index (κ2) is 11.2. The molecule has 0 aromatic heterocycles. The second-order valence-corrected chi connectivity index (χ2v) is 6.25. The molecule has 0 radical (unpaired) electrons. The lowest BCUT2D eigenvalue weighted by Gasteiger charge is -2.19. The summed E-state index contributed by atoms with van der Waals surface area (Å²) in [5.74, 6) is 1.25. The van der Waals surface area contributed by atoms with Gasteiger partial charge in [-0.25, -0.2) is 4.79 Å². The third kappa shape index (κ3) is 6.44. The van der Waals surface area contributed by atoms with Crippen LogP contribution in [0.15, 0.2) is 42.5 Å². The molecule has 152 valence electrons. The van der Waals surface area contributed by atoms with E-state index in [1.165, 1.54) is 0 Å². The van der Waals surface area contributed by atoms with Gasteiger partial charge in [0.15, 0.2) is 11.5 Å². The van der Waals surface area contributed by atoms with E-state index in [0.717, 1.165) is 16.7 Å². The topological polar surface area (TPSA) is 89.1 Å². The Morgan fingerprint density at radius 2 is 1.75 bits per heavy atom. The van der Waals surface area contributed by atoms with Gasteiger partial charge >= 0.3 is 6.03 Å². The summed E-state index contributed by atoms with van der Waals surface area (Å²) in [6, 6.07) is 13.1. The number of rotatable bonds is 10. The molecule has 0 spiro atoms. The van der Waals surface area contributed by atoms with Crippen LogP contribution in [0, 0.1) is 6.92 Å². The Morgan fingerprint density at radius 1 is 1.04 bits per heavy atom. The third-order valence-corrected chi connectivity index (χ3v) is 4.21. The third-order valence-electron chi connectivity index (χ3n) is 4.21. The van der Waals surface area contributed by atoms with Crippen molar-refractivity contribution in [3.05, 3.63) is 59.2 Å². The van der Waals surface area contributed by atoms with Crippen molar-refractivity contribution in [2.75, 3.05) is 34.0 Å². The number of methoxy groups -OCH3 is 2. The van der Waals surface area contributed by atoms with Gasteiger partial charge in [0.1, 0.15) is 0 Å². The maximum Gasteiger partial charge on any atom is 0.315 e. The summed E-state index contributed by atoms with van der Waals surface area (Å²) in [5, 5.41) is 14.7. The molecule has 0 saturated carbocycles. The van der Waals surface area contributed by atoms with Gasteiger partial charge in [-0.15, -0.1) is 0 Å². The molecule has 0 aliphatic rings. The second-order valence-electron chi connectivity index (χ2n) is 6.25. The van der Waals surface area contributed by atoms with Crippen LogP contribution in [-0.4, -0.2) is 45.1 Å². The lowest BCUT2D eigenvalue weighted by Crippen LogP contribution is -2.38. The number of aliphatic hydroxyl groups is 1. The fourth-order valence-electron chi connectivity index (χ4n) is 2.67. The first-order valence-corrected chi connectivity index (χ1v) is 9.09. The number of nitrogens with one attached hydrogen (secondary N) is 2. The molecule has 3 N–H and O–H groups in total. The quantitative estimate of drug-likeness (QED) is 0.582. The molecular formula is C21H28N2O5. The lowest BCUT2D eigenvalue weighted by atomic mass is 10.1. The number of amides is 2. The average Bonchev–Trinajstić information content (AvgIpc) is 2.72. The number of hydrogen-bond acceptors (Lipinski definition) is 5. The van der Waals surface area contributed by atoms with E-state index in [9.17, 15) is 4.79 Å². The van der Waals surface area contributed by atoms with Crippen LogP contribution < -0.4 is 20.1 Å². The normalized spacial score (nSPS) is 11.6. The smallest absolute Gasteiger partial charge is 0.315 e. The molecule has 2 rings (SSSR count). The minimum atomic E-state index is -0.334. The SMILES string of the molecule is COc1ccc(CNC(=O)NC[C@@H](OCCO)c2ccc(C)cc2)cc1OC. The van der Waals surface area contributed by atoms with Crippen molar-refractivity contribution in [1.82, 2.24) is 10.6 Å². The van der Waals surface area contributed by atoms with Gasteiger partial charge in [-0.05, 0) is 30.2 Å². The fourth-order valence-corrected chi connectivity index (χ4v) is 2.67. The van der Waals surface area contributed by atoms with Crippen molar-refractivity contribution in [3.63, 3.8) is 0 Å². The maximum absolute atomic E-state index is 12.2. The summed E-state index contributed by atoms with van der Waals surface area (Å²) in [5.41, 5.74) is 2.98. The summed E-state index contributed by atoms with van der Waals surface area (Å²) in [6.07, 6.45) is -0.334. The summed E-state index contributed by atoms with van der Waals surface area (Å²) in [4.78, 5) is 12.2. The summed E-state index contributed by atoms with van der Waals surface area (Å²) >= 11 is 0. The van der Waals surface area contributed by atoms with Crippen LogP contribution in [0.4, 0.5) is 4.79 Å². The highest BCUT2D eigenvalue weighted by atomic mass is 16.5. The predicted octanol–water partition coefficient (Wildman–Crippen LogP) is 2.56. The van der Waals surface area contributed by atoms with Crippen LogP contribution in [0.25, 0.3) is 0 Å². The van der Waals surface area contributed by atoms with Gasteiger partial charge < -0.3 is 30.0 Å². The van der Waals surface area contributed by atoms with E-state index in [1.807, 2.05) is 43.3 Å². The average molecular weight is 388 g/mol. The van der Waals surface area contributed by atoms with Crippen molar-refractivity contribution in [2.24, 2.45) is 0 Å². The molecule has 0 aliphatic carbocycles. The Kier molecular flexibility index (Phi) is 8.58. The minimum Gasteiger partial charge on any atom is -0.493 e. The van der Waals surface area contributed by atoms with Gasteiger partial charge in [0.05, 0.1) is 33.5 Å². The molecule has 7 heteroatoms. The Balaban J connectivity index is 1.89. The van der Waals surface area contributed by atoms with Gasteiger partial charge in [-0.1, -0.05) is 35.9 Å². The van der Waals surface area contributed by atoms with Crippen molar-refractivity contribution < 1.29 is 24.1 Å². The summed E-state index contributed by atoms with van der Waals surface area (Å²) in [6.45, 7) is 2.77. The van der Waals surface area contributed by atoms with Crippen molar-refractivity contribution in [1.29, 1.82) is 0 Å². The predicted molar refractivity (Wildman–Crippen MR) is 107 cm³/mol. The fraction of sp³-hybridized carbons (Fsp3) is 0.381. The monoisotopic (exact) mass is 388 g/mol. The molecule has 0 fully saturated rings. The molecule has 7 nitrogen and oxygen atoms in total. The zero-order valence-electron chi connectivity index (χ0n) is 16.5. The van der Waals surface area contributed by atoms with Gasteiger partial charge in [-0.2, -0.15) is 0 Å². The van der Waals surface area contributed by atoms with Crippen LogP contribution in [-0.2, 0) is 11.3 Å². The Hall–Kier alpha value is -2.77. The van der Waals surface area contributed by atoms with E-state index in [0.29, 0.717) is 24.6 Å². The zero-order chi connectivity index (χ0) is 20.4. The molecule has 0 aliphatic heterocycles. The van der Waals surface area contributed by atoms with Crippen molar-refractivity contribution >= 4 is 6.03 Å². The van der Waals surface area contributed by atoms with Crippen molar-refractivity contribution in [2.45, 2.75) is 19.6 Å². The van der Waals surface area contributed by atoms with E-state index < -0.39 is 0 Å². The molecule has 2 aromatic rings. The first-order chi connectivity index (χ1) is 13.6. The number of hydrogen-bond donors (Lipinski definition) is 3. The molecular weight excluding hydrogens is 360 g/mol. The van der Waals surface area contributed by atoms with Crippen LogP contribution in [0.3, 0.4) is 0 Å². The van der Waals surface area contributed by atoms with Gasteiger partial charge in [0.25, 0.3) is 0 Å². The number of carbonyl (C=O) groups excluding carboxylic acids is 1. The molecule has 28 heavy (non-hydrogen) atoms. The molecule has 0 unspecified atom stereocenters. The largest absolute Gasteiger partial charge is 0.493 e. The Labute approximate surface area is 165 Å². The molecule has 0 heterocycles. The highest BCUT2D eigenvalue weighted by Crippen LogP contribution is 2.27. The molecule has 1 atom stereocenters. The van der Waals surface area contributed by atoms with Crippen LogP contribution in [0.2, 0.25) is 0 Å². The summed E-state index contributed by atoms with van der Waals surface area (Å²) in [7, 11) is 3.14. The van der Waals surface area contributed by atoms with E-state index in [4.69, 9.17) is 19.3 Å². The van der Waals surface area contributed by atoms with Crippen molar-refractivity contribution in [3.8, 4) is 11.5 Å². The Bertz CT molecular complexity index is 749. The molecule has 2 aromatic carbocycles. The number of benzene rings is 2. The molecule has 0 saturated heterocycles. The maximum atomic E-state index is 12.2. The van der Waals surface area contributed by atoms with E-state index >= 15 is 0 Å². The highest BCUT2D eigenvalue weighted by molar-refractivity contribution is 5.73. The van der Waals surface area contributed by atoms with E-state index in [-0.39, 0.29) is 25.3 Å². The lowest BCUT2D eigenvalue weighted by molar-refractivity contribution is 0.0294.